The largest absolute Gasteiger partial charge is 0.348 e. The van der Waals surface area contributed by atoms with Crippen LogP contribution in [0.15, 0.2) is 24.3 Å². The molecule has 1 aliphatic rings. The molecule has 130 valence electrons. The number of hydrogen-bond donors (Lipinski definition) is 2. The Morgan fingerprint density at radius 3 is 2.62 bits per heavy atom. The van der Waals surface area contributed by atoms with Gasteiger partial charge in [-0.25, -0.2) is 0 Å². The van der Waals surface area contributed by atoms with Crippen LogP contribution in [0.3, 0.4) is 0 Å². The molecule has 1 amide bonds. The van der Waals surface area contributed by atoms with Gasteiger partial charge in [-0.15, -0.1) is 22.6 Å². The van der Waals surface area contributed by atoms with E-state index in [1.165, 1.54) is 10.4 Å². The van der Waals surface area contributed by atoms with Gasteiger partial charge in [-0.2, -0.15) is 4.80 Å². The standard InChI is InChI=1S/C16H22N6O.ClH/c1-11-3-5-12(6-4-11)15-19-21-22(20-15)9-14(23)18-16(2,10-17)13-7-8-13;/h3-6,13H,7-10,17H2,1-2H3,(H,18,23);1H. The Morgan fingerprint density at radius 2 is 2.04 bits per heavy atom. The maximum atomic E-state index is 12.2. The van der Waals surface area contributed by atoms with Crippen LogP contribution in [-0.2, 0) is 11.3 Å². The molecule has 0 aliphatic heterocycles. The van der Waals surface area contributed by atoms with Gasteiger partial charge in [-0.3, -0.25) is 4.79 Å². The Morgan fingerprint density at radius 1 is 1.38 bits per heavy atom. The highest BCUT2D eigenvalue weighted by atomic mass is 35.5. The van der Waals surface area contributed by atoms with E-state index in [4.69, 9.17) is 5.73 Å². The second-order valence-electron chi connectivity index (χ2n) is 6.45. The molecule has 8 heteroatoms. The quantitative estimate of drug-likeness (QED) is 0.818. The van der Waals surface area contributed by atoms with Crippen LogP contribution in [0.25, 0.3) is 11.4 Å². The van der Waals surface area contributed by atoms with Crippen LogP contribution >= 0.6 is 12.4 Å². The highest BCUT2D eigenvalue weighted by Crippen LogP contribution is 2.38. The third kappa shape index (κ3) is 4.10. The van der Waals surface area contributed by atoms with Crippen LogP contribution in [-0.4, -0.2) is 38.2 Å². The van der Waals surface area contributed by atoms with E-state index in [0.29, 0.717) is 18.3 Å². The van der Waals surface area contributed by atoms with Crippen LogP contribution in [0.5, 0.6) is 0 Å². The Labute approximate surface area is 147 Å². The summed E-state index contributed by atoms with van der Waals surface area (Å²) in [6, 6.07) is 7.86. The minimum atomic E-state index is -0.336. The maximum Gasteiger partial charge on any atom is 0.244 e. The van der Waals surface area contributed by atoms with Crippen LogP contribution < -0.4 is 11.1 Å². The van der Waals surface area contributed by atoms with Crippen molar-refractivity contribution in [3.63, 3.8) is 0 Å². The number of aromatic nitrogens is 4. The molecule has 3 N–H and O–H groups in total. The van der Waals surface area contributed by atoms with Crippen LogP contribution in [0, 0.1) is 12.8 Å². The lowest BCUT2D eigenvalue weighted by Gasteiger charge is -2.29. The average Bonchev–Trinajstić information content (AvgIpc) is 3.29. The Hall–Kier alpha value is -1.99. The number of halogens is 1. The maximum absolute atomic E-state index is 12.2. The zero-order valence-electron chi connectivity index (χ0n) is 13.9. The molecule has 0 bridgehead atoms. The average molecular weight is 351 g/mol. The fourth-order valence-electron chi connectivity index (χ4n) is 2.66. The van der Waals surface area contributed by atoms with Crippen molar-refractivity contribution in [3.8, 4) is 11.4 Å². The summed E-state index contributed by atoms with van der Waals surface area (Å²) >= 11 is 0. The molecule has 1 aromatic carbocycles. The summed E-state index contributed by atoms with van der Waals surface area (Å²) in [5.41, 5.74) is 7.53. The molecule has 1 aliphatic carbocycles. The molecular weight excluding hydrogens is 328 g/mol. The number of rotatable bonds is 6. The molecule has 0 saturated heterocycles. The van der Waals surface area contributed by atoms with Gasteiger partial charge in [0.2, 0.25) is 11.7 Å². The second-order valence-corrected chi connectivity index (χ2v) is 6.45. The fraction of sp³-hybridized carbons (Fsp3) is 0.500. The van der Waals surface area contributed by atoms with E-state index in [2.05, 4.69) is 20.7 Å². The van der Waals surface area contributed by atoms with Crippen molar-refractivity contribution in [2.45, 2.75) is 38.8 Å². The van der Waals surface area contributed by atoms with Gasteiger partial charge in [0, 0.05) is 12.1 Å². The highest BCUT2D eigenvalue weighted by molar-refractivity contribution is 5.85. The number of amides is 1. The fourth-order valence-corrected chi connectivity index (χ4v) is 2.66. The zero-order chi connectivity index (χ0) is 16.4. The molecule has 0 radical (unpaired) electrons. The van der Waals surface area contributed by atoms with E-state index in [-0.39, 0.29) is 30.4 Å². The number of aryl methyl sites for hydroxylation is 1. The van der Waals surface area contributed by atoms with Crippen molar-refractivity contribution in [3.05, 3.63) is 29.8 Å². The Balaban J connectivity index is 0.00000208. The molecule has 1 aromatic heterocycles. The molecule has 3 rings (SSSR count). The lowest BCUT2D eigenvalue weighted by molar-refractivity contribution is -0.124. The molecule has 1 unspecified atom stereocenters. The lowest BCUT2D eigenvalue weighted by Crippen LogP contribution is -2.54. The number of benzene rings is 1. The van der Waals surface area contributed by atoms with Gasteiger partial charge in [0.1, 0.15) is 6.54 Å². The van der Waals surface area contributed by atoms with Crippen LogP contribution in [0.2, 0.25) is 0 Å². The molecule has 2 aromatic rings. The minimum absolute atomic E-state index is 0. The molecular formula is C16H23ClN6O. The predicted molar refractivity (Wildman–Crippen MR) is 93.6 cm³/mol. The molecule has 1 saturated carbocycles. The lowest BCUT2D eigenvalue weighted by atomic mass is 9.96. The van der Waals surface area contributed by atoms with Crippen molar-refractivity contribution in [1.29, 1.82) is 0 Å². The number of carbonyl (C=O) groups excluding carboxylic acids is 1. The van der Waals surface area contributed by atoms with E-state index in [9.17, 15) is 4.79 Å². The molecule has 1 heterocycles. The summed E-state index contributed by atoms with van der Waals surface area (Å²) < 4.78 is 0. The molecule has 24 heavy (non-hydrogen) atoms. The number of nitrogens with zero attached hydrogens (tertiary/aromatic N) is 4. The number of nitrogens with one attached hydrogen (secondary N) is 1. The summed E-state index contributed by atoms with van der Waals surface area (Å²) in [4.78, 5) is 13.5. The summed E-state index contributed by atoms with van der Waals surface area (Å²) in [6.07, 6.45) is 2.24. The highest BCUT2D eigenvalue weighted by Gasteiger charge is 2.41. The van der Waals surface area contributed by atoms with Crippen molar-refractivity contribution < 1.29 is 4.79 Å². The van der Waals surface area contributed by atoms with E-state index in [0.717, 1.165) is 18.4 Å². The van der Waals surface area contributed by atoms with Gasteiger partial charge >= 0.3 is 0 Å². The number of nitrogens with two attached hydrogens (primary N) is 1. The number of carbonyl (C=O) groups is 1. The molecule has 0 spiro atoms. The monoisotopic (exact) mass is 350 g/mol. The van der Waals surface area contributed by atoms with Crippen LogP contribution in [0.4, 0.5) is 0 Å². The summed E-state index contributed by atoms with van der Waals surface area (Å²) in [5.74, 6) is 0.850. The first-order valence-corrected chi connectivity index (χ1v) is 7.86. The van der Waals surface area contributed by atoms with Gasteiger partial charge in [-0.1, -0.05) is 29.8 Å². The van der Waals surface area contributed by atoms with Gasteiger partial charge in [0.05, 0.1) is 5.54 Å². The van der Waals surface area contributed by atoms with Gasteiger partial charge in [0.25, 0.3) is 0 Å². The van der Waals surface area contributed by atoms with Gasteiger partial charge in [0.15, 0.2) is 0 Å². The first-order valence-electron chi connectivity index (χ1n) is 7.86. The molecule has 7 nitrogen and oxygen atoms in total. The summed E-state index contributed by atoms with van der Waals surface area (Å²) in [5, 5.41) is 15.3. The van der Waals surface area contributed by atoms with Crippen molar-refractivity contribution in [2.75, 3.05) is 6.54 Å². The number of tetrazole rings is 1. The first-order chi connectivity index (χ1) is 11.0. The SMILES string of the molecule is Cc1ccc(-c2nnn(CC(=O)NC(C)(CN)C3CC3)n2)cc1.Cl. The summed E-state index contributed by atoms with van der Waals surface area (Å²) in [6.45, 7) is 4.49. The van der Waals surface area contributed by atoms with E-state index < -0.39 is 0 Å². The second kappa shape index (κ2) is 7.27. The Bertz CT molecular complexity index is 697. The van der Waals surface area contributed by atoms with E-state index in [1.54, 1.807) is 0 Å². The first kappa shape index (κ1) is 18.4. The van der Waals surface area contributed by atoms with Gasteiger partial charge < -0.3 is 11.1 Å². The summed E-state index contributed by atoms with van der Waals surface area (Å²) in [7, 11) is 0. The van der Waals surface area contributed by atoms with Gasteiger partial charge in [-0.05, 0) is 37.8 Å². The van der Waals surface area contributed by atoms with Crippen molar-refractivity contribution >= 4 is 18.3 Å². The predicted octanol–water partition coefficient (Wildman–Crippen LogP) is 1.31. The van der Waals surface area contributed by atoms with Crippen molar-refractivity contribution in [1.82, 2.24) is 25.5 Å². The van der Waals surface area contributed by atoms with E-state index >= 15 is 0 Å². The molecule has 1 atom stereocenters. The van der Waals surface area contributed by atoms with E-state index in [1.807, 2.05) is 38.1 Å². The minimum Gasteiger partial charge on any atom is -0.348 e. The van der Waals surface area contributed by atoms with Crippen LogP contribution in [0.1, 0.15) is 25.3 Å². The van der Waals surface area contributed by atoms with Crippen molar-refractivity contribution in [2.24, 2.45) is 11.7 Å². The zero-order valence-corrected chi connectivity index (χ0v) is 14.7. The normalized spacial score (nSPS) is 16.1. The number of hydrogen-bond acceptors (Lipinski definition) is 5. The smallest absolute Gasteiger partial charge is 0.244 e. The Kier molecular flexibility index (Phi) is 5.56. The molecule has 1 fully saturated rings. The third-order valence-electron chi connectivity index (χ3n) is 4.38. The third-order valence-corrected chi connectivity index (χ3v) is 4.38. The topological polar surface area (TPSA) is 98.7 Å².